The van der Waals surface area contributed by atoms with Crippen molar-refractivity contribution in [3.8, 4) is 0 Å². The molecular formula is C12H13ClN4O2S. The predicted molar refractivity (Wildman–Crippen MR) is 78.2 cm³/mol. The molecule has 0 atom stereocenters. The molecule has 0 aliphatic rings. The third kappa shape index (κ3) is 3.00. The van der Waals surface area contributed by atoms with Crippen LogP contribution in [0.5, 0.6) is 0 Å². The van der Waals surface area contributed by atoms with Crippen LogP contribution in [-0.2, 0) is 10.0 Å². The van der Waals surface area contributed by atoms with Crippen molar-refractivity contribution in [3.05, 3.63) is 40.8 Å². The number of benzene rings is 1. The number of nitrogens with two attached hydrogens (primary N) is 1. The zero-order chi connectivity index (χ0) is 14.9. The number of nitrogen functional groups attached to an aromatic ring is 1. The fourth-order valence-corrected chi connectivity index (χ4v) is 2.80. The first-order valence-corrected chi connectivity index (χ1v) is 7.55. The van der Waals surface area contributed by atoms with Gasteiger partial charge in [-0.25, -0.2) is 18.4 Å². The van der Waals surface area contributed by atoms with Crippen LogP contribution in [0, 0.1) is 13.8 Å². The number of sulfonamides is 1. The van der Waals surface area contributed by atoms with Crippen molar-refractivity contribution in [2.75, 3.05) is 10.5 Å². The van der Waals surface area contributed by atoms with Gasteiger partial charge in [0.2, 0.25) is 0 Å². The van der Waals surface area contributed by atoms with E-state index in [-0.39, 0.29) is 15.7 Å². The highest BCUT2D eigenvalue weighted by molar-refractivity contribution is 7.92. The molecule has 0 spiro atoms. The average molecular weight is 313 g/mol. The second kappa shape index (κ2) is 5.26. The van der Waals surface area contributed by atoms with Crippen LogP contribution in [0.3, 0.4) is 0 Å². The van der Waals surface area contributed by atoms with Gasteiger partial charge in [0.1, 0.15) is 10.8 Å². The fraction of sp³-hybridized carbons (Fsp3) is 0.167. The third-order valence-corrected chi connectivity index (χ3v) is 4.36. The molecule has 2 aromatic rings. The van der Waals surface area contributed by atoms with Crippen molar-refractivity contribution >= 4 is 33.1 Å². The molecule has 0 radical (unpaired) electrons. The Kier molecular flexibility index (Phi) is 3.82. The number of aryl methyl sites for hydroxylation is 2. The van der Waals surface area contributed by atoms with Crippen LogP contribution in [0.25, 0.3) is 0 Å². The van der Waals surface area contributed by atoms with E-state index in [0.29, 0.717) is 17.2 Å². The van der Waals surface area contributed by atoms with E-state index in [1.807, 2.05) is 0 Å². The molecule has 2 rings (SSSR count). The number of hydrogen-bond donors (Lipinski definition) is 2. The molecule has 0 aliphatic carbocycles. The number of rotatable bonds is 3. The van der Waals surface area contributed by atoms with Crippen molar-refractivity contribution in [2.24, 2.45) is 0 Å². The minimum absolute atomic E-state index is 0.0634. The van der Waals surface area contributed by atoms with E-state index in [0.717, 1.165) is 0 Å². The van der Waals surface area contributed by atoms with Gasteiger partial charge >= 0.3 is 0 Å². The summed E-state index contributed by atoms with van der Waals surface area (Å²) in [6.45, 7) is 3.34. The van der Waals surface area contributed by atoms with Gasteiger partial charge < -0.3 is 5.73 Å². The lowest BCUT2D eigenvalue weighted by Gasteiger charge is -2.10. The largest absolute Gasteiger partial charge is 0.399 e. The normalized spacial score (nSPS) is 11.3. The summed E-state index contributed by atoms with van der Waals surface area (Å²) in [7, 11) is -3.77. The molecular weight excluding hydrogens is 300 g/mol. The van der Waals surface area contributed by atoms with Crippen molar-refractivity contribution in [1.82, 2.24) is 9.97 Å². The van der Waals surface area contributed by atoms with E-state index >= 15 is 0 Å². The summed E-state index contributed by atoms with van der Waals surface area (Å²) in [4.78, 5) is 8.14. The maximum atomic E-state index is 12.2. The number of hydrogen-bond acceptors (Lipinski definition) is 5. The zero-order valence-corrected chi connectivity index (χ0v) is 12.5. The van der Waals surface area contributed by atoms with E-state index < -0.39 is 10.0 Å². The van der Waals surface area contributed by atoms with E-state index in [2.05, 4.69) is 14.7 Å². The van der Waals surface area contributed by atoms with Crippen molar-refractivity contribution in [2.45, 2.75) is 18.7 Å². The summed E-state index contributed by atoms with van der Waals surface area (Å²) in [6, 6.07) is 5.83. The first-order chi connectivity index (χ1) is 9.29. The molecule has 0 fully saturated rings. The molecule has 8 heteroatoms. The smallest absolute Gasteiger partial charge is 0.263 e. The van der Waals surface area contributed by atoms with E-state index in [9.17, 15) is 8.42 Å². The summed E-state index contributed by atoms with van der Waals surface area (Å²) in [6.07, 6.45) is 0. The molecule has 0 bridgehead atoms. The summed E-state index contributed by atoms with van der Waals surface area (Å²) in [5, 5.41) is 0.176. The summed E-state index contributed by atoms with van der Waals surface area (Å²) in [5.74, 6) is 0.496. The van der Waals surface area contributed by atoms with Gasteiger partial charge in [0.05, 0.1) is 10.6 Å². The van der Waals surface area contributed by atoms with Crippen molar-refractivity contribution in [3.63, 3.8) is 0 Å². The number of nitrogens with one attached hydrogen (secondary N) is 1. The summed E-state index contributed by atoms with van der Waals surface area (Å²) < 4.78 is 26.8. The molecule has 1 aromatic carbocycles. The molecule has 0 aliphatic heterocycles. The van der Waals surface area contributed by atoms with Crippen LogP contribution in [0.2, 0.25) is 5.02 Å². The number of nitrogens with zero attached hydrogens (tertiary/aromatic N) is 2. The van der Waals surface area contributed by atoms with E-state index in [1.54, 1.807) is 13.8 Å². The first-order valence-electron chi connectivity index (χ1n) is 5.69. The number of halogens is 1. The molecule has 0 saturated heterocycles. The predicted octanol–water partition coefficient (Wildman–Crippen LogP) is 2.13. The third-order valence-electron chi connectivity index (χ3n) is 2.55. The Morgan fingerprint density at radius 3 is 2.35 bits per heavy atom. The van der Waals surface area contributed by atoms with Gasteiger partial charge in [-0.1, -0.05) is 11.6 Å². The minimum atomic E-state index is -3.77. The van der Waals surface area contributed by atoms with Crippen LogP contribution in [-0.4, -0.2) is 18.4 Å². The molecule has 1 aromatic heterocycles. The van der Waals surface area contributed by atoms with Crippen LogP contribution < -0.4 is 10.5 Å². The fourth-order valence-electron chi connectivity index (χ4n) is 1.60. The quantitative estimate of drug-likeness (QED) is 0.846. The maximum Gasteiger partial charge on any atom is 0.263 e. The Labute approximate surface area is 122 Å². The molecule has 0 unspecified atom stereocenters. The second-order valence-corrected chi connectivity index (χ2v) is 6.25. The Bertz CT molecular complexity index is 745. The topological polar surface area (TPSA) is 98.0 Å². The lowest BCUT2D eigenvalue weighted by molar-refractivity contribution is 0.601. The van der Waals surface area contributed by atoms with Crippen LogP contribution in [0.1, 0.15) is 11.5 Å². The Morgan fingerprint density at radius 2 is 1.75 bits per heavy atom. The molecule has 20 heavy (non-hydrogen) atoms. The minimum Gasteiger partial charge on any atom is -0.399 e. The first kappa shape index (κ1) is 14.5. The monoisotopic (exact) mass is 312 g/mol. The van der Waals surface area contributed by atoms with Gasteiger partial charge in [-0.3, -0.25) is 4.72 Å². The number of anilines is 2. The second-order valence-electron chi connectivity index (χ2n) is 4.19. The van der Waals surface area contributed by atoms with Gasteiger partial charge in [-0.05, 0) is 38.1 Å². The highest BCUT2D eigenvalue weighted by Gasteiger charge is 2.18. The molecule has 3 N–H and O–H groups in total. The van der Waals surface area contributed by atoms with Crippen LogP contribution >= 0.6 is 11.6 Å². The van der Waals surface area contributed by atoms with Gasteiger partial charge in [0.25, 0.3) is 10.0 Å². The van der Waals surface area contributed by atoms with Gasteiger partial charge in [0.15, 0.2) is 5.82 Å². The van der Waals surface area contributed by atoms with Crippen molar-refractivity contribution < 1.29 is 8.42 Å². The lowest BCUT2D eigenvalue weighted by Crippen LogP contribution is -2.15. The van der Waals surface area contributed by atoms with Gasteiger partial charge in [-0.2, -0.15) is 0 Å². The maximum absolute atomic E-state index is 12.2. The Morgan fingerprint density at radius 1 is 1.15 bits per heavy atom. The van der Waals surface area contributed by atoms with Crippen molar-refractivity contribution in [1.29, 1.82) is 0 Å². The van der Waals surface area contributed by atoms with Crippen LogP contribution in [0.4, 0.5) is 11.5 Å². The molecule has 106 valence electrons. The summed E-state index contributed by atoms with van der Waals surface area (Å²) in [5.41, 5.74) is 6.52. The van der Waals surface area contributed by atoms with E-state index in [4.69, 9.17) is 17.3 Å². The molecule has 1 heterocycles. The van der Waals surface area contributed by atoms with Gasteiger partial charge in [-0.15, -0.1) is 0 Å². The Balaban J connectivity index is 2.41. The lowest BCUT2D eigenvalue weighted by atomic mass is 10.3. The average Bonchev–Trinajstić information content (AvgIpc) is 2.35. The van der Waals surface area contributed by atoms with E-state index in [1.165, 1.54) is 24.3 Å². The zero-order valence-electron chi connectivity index (χ0n) is 10.9. The molecule has 0 amide bonds. The SMILES string of the molecule is Cc1nc(C)c(Cl)c(NS(=O)(=O)c2ccc(N)cc2)n1. The van der Waals surface area contributed by atoms with Gasteiger partial charge in [0, 0.05) is 5.69 Å². The highest BCUT2D eigenvalue weighted by atomic mass is 35.5. The summed E-state index contributed by atoms with van der Waals surface area (Å²) >= 11 is 6.01. The Hall–Kier alpha value is -1.86. The highest BCUT2D eigenvalue weighted by Crippen LogP contribution is 2.25. The number of aromatic nitrogens is 2. The molecule has 6 nitrogen and oxygen atoms in total. The van der Waals surface area contributed by atoms with Crippen LogP contribution in [0.15, 0.2) is 29.2 Å². The molecule has 0 saturated carbocycles. The standard InChI is InChI=1S/C12H13ClN4O2S/c1-7-11(13)12(16-8(2)15-7)17-20(18,19)10-5-3-9(14)4-6-10/h3-6H,14H2,1-2H3,(H,15,16,17).